The molecule has 1 heterocycles. The summed E-state index contributed by atoms with van der Waals surface area (Å²) < 4.78 is 5.51. The number of allylic oxidation sites excluding steroid dienone is 1. The van der Waals surface area contributed by atoms with Crippen molar-refractivity contribution in [2.45, 2.75) is 23.8 Å². The van der Waals surface area contributed by atoms with Crippen LogP contribution >= 0.6 is 15.9 Å². The molecule has 1 fully saturated rings. The lowest BCUT2D eigenvalue weighted by atomic mass is 9.73. The largest absolute Gasteiger partial charge is 0.376 e. The van der Waals surface area contributed by atoms with Crippen LogP contribution in [0.4, 0.5) is 0 Å². The highest BCUT2D eigenvalue weighted by atomic mass is 79.9. The second kappa shape index (κ2) is 4.52. The lowest BCUT2D eigenvalue weighted by molar-refractivity contribution is 0.142. The van der Waals surface area contributed by atoms with Gasteiger partial charge in [-0.25, -0.2) is 0 Å². The van der Waals surface area contributed by atoms with Crippen molar-refractivity contribution < 1.29 is 4.74 Å². The molecular weight excluding hydrogens is 278 g/mol. The minimum Gasteiger partial charge on any atom is -0.376 e. The molecule has 17 heavy (non-hydrogen) atoms. The van der Waals surface area contributed by atoms with Gasteiger partial charge in [-0.3, -0.25) is 0 Å². The van der Waals surface area contributed by atoms with Crippen molar-refractivity contribution in [1.82, 2.24) is 4.90 Å². The van der Waals surface area contributed by atoms with Gasteiger partial charge in [-0.05, 0) is 31.4 Å². The molecule has 0 amide bonds. The number of halogens is 1. The van der Waals surface area contributed by atoms with E-state index in [0.717, 1.165) is 11.8 Å². The van der Waals surface area contributed by atoms with Crippen molar-refractivity contribution in [3.05, 3.63) is 23.3 Å². The van der Waals surface area contributed by atoms with E-state index in [1.165, 1.54) is 25.9 Å². The van der Waals surface area contributed by atoms with E-state index in [1.807, 2.05) is 0 Å². The third-order valence-electron chi connectivity index (χ3n) is 4.54. The summed E-state index contributed by atoms with van der Waals surface area (Å²) >= 11 is 3.82. The first kappa shape index (κ1) is 11.9. The summed E-state index contributed by atoms with van der Waals surface area (Å²) in [6, 6.07) is 0. The Morgan fingerprint density at radius 1 is 1.41 bits per heavy atom. The van der Waals surface area contributed by atoms with Crippen molar-refractivity contribution >= 4 is 15.9 Å². The Morgan fingerprint density at radius 2 is 2.24 bits per heavy atom. The normalized spacial score (nSPS) is 41.6. The topological polar surface area (TPSA) is 12.5 Å². The van der Waals surface area contributed by atoms with Crippen LogP contribution in [0.1, 0.15) is 12.8 Å². The third-order valence-corrected chi connectivity index (χ3v) is 5.61. The number of ether oxygens (including phenoxy) is 1. The Bertz CT molecular complexity index is 376. The third kappa shape index (κ3) is 1.92. The molecule has 94 valence electrons. The summed E-state index contributed by atoms with van der Waals surface area (Å²) in [4.78, 5) is 2.87. The fourth-order valence-electron chi connectivity index (χ4n) is 3.68. The first-order valence-electron chi connectivity index (χ1n) is 6.47. The van der Waals surface area contributed by atoms with Gasteiger partial charge in [0.25, 0.3) is 0 Å². The zero-order valence-electron chi connectivity index (χ0n) is 10.5. The van der Waals surface area contributed by atoms with Gasteiger partial charge in [0.05, 0.1) is 10.9 Å². The lowest BCUT2D eigenvalue weighted by Gasteiger charge is -2.35. The van der Waals surface area contributed by atoms with Crippen molar-refractivity contribution in [3.63, 3.8) is 0 Å². The average Bonchev–Trinajstić information content (AvgIpc) is 2.70. The van der Waals surface area contributed by atoms with Gasteiger partial charge in [0, 0.05) is 26.1 Å². The van der Waals surface area contributed by atoms with Crippen LogP contribution in [0.15, 0.2) is 23.3 Å². The molecule has 2 nitrogen and oxygen atoms in total. The highest BCUT2D eigenvalue weighted by Gasteiger charge is 2.40. The summed E-state index contributed by atoms with van der Waals surface area (Å²) in [6.07, 6.45) is 7.35. The van der Waals surface area contributed by atoms with Gasteiger partial charge >= 0.3 is 0 Å². The fraction of sp³-hybridized carbons (Fsp3) is 0.714. The van der Waals surface area contributed by atoms with Gasteiger partial charge in [-0.15, -0.1) is 0 Å². The van der Waals surface area contributed by atoms with Crippen LogP contribution in [0.5, 0.6) is 0 Å². The molecule has 0 aromatic rings. The van der Waals surface area contributed by atoms with E-state index in [9.17, 15) is 0 Å². The zero-order valence-corrected chi connectivity index (χ0v) is 12.1. The van der Waals surface area contributed by atoms with Crippen molar-refractivity contribution in [1.29, 1.82) is 0 Å². The molecule has 4 unspecified atom stereocenters. The van der Waals surface area contributed by atoms with Gasteiger partial charge in [0.1, 0.15) is 0 Å². The Labute approximate surface area is 112 Å². The number of hydrogen-bond acceptors (Lipinski definition) is 2. The Kier molecular flexibility index (Phi) is 3.18. The molecular formula is C14H20BrNO. The predicted molar refractivity (Wildman–Crippen MR) is 73.4 cm³/mol. The van der Waals surface area contributed by atoms with Crippen LogP contribution in [-0.4, -0.2) is 43.1 Å². The number of hydrogen-bond donors (Lipinski definition) is 0. The number of fused-ring (bicyclic) bond motifs is 2. The first-order chi connectivity index (χ1) is 8.20. The van der Waals surface area contributed by atoms with Crippen LogP contribution in [0, 0.1) is 11.8 Å². The molecule has 4 atom stereocenters. The van der Waals surface area contributed by atoms with E-state index in [0.29, 0.717) is 4.83 Å². The second-order valence-corrected chi connectivity index (χ2v) is 6.55. The van der Waals surface area contributed by atoms with Gasteiger partial charge < -0.3 is 9.64 Å². The SMILES string of the molecule is COC1C=CC2=C(CCC3CN(C)CC23)C1Br. The molecule has 2 aliphatic carbocycles. The summed E-state index contributed by atoms with van der Waals surface area (Å²) in [5, 5.41) is 0. The molecule has 3 rings (SSSR count). The van der Waals surface area contributed by atoms with E-state index >= 15 is 0 Å². The maximum absolute atomic E-state index is 5.51. The molecule has 1 aliphatic heterocycles. The van der Waals surface area contributed by atoms with Crippen LogP contribution in [0.25, 0.3) is 0 Å². The van der Waals surface area contributed by atoms with E-state index in [-0.39, 0.29) is 6.10 Å². The maximum Gasteiger partial charge on any atom is 0.0917 e. The van der Waals surface area contributed by atoms with E-state index < -0.39 is 0 Å². The standard InChI is InChI=1S/C14H20BrNO/c1-16-7-9-3-4-11-10(12(9)8-16)5-6-13(17-2)14(11)15/h5-6,9,12-14H,3-4,7-8H2,1-2H3. The minimum atomic E-state index is 0.212. The first-order valence-corrected chi connectivity index (χ1v) is 7.39. The molecule has 0 bridgehead atoms. The summed E-state index contributed by atoms with van der Waals surface area (Å²) in [5.74, 6) is 1.64. The van der Waals surface area contributed by atoms with Crippen LogP contribution in [-0.2, 0) is 4.74 Å². The summed E-state index contributed by atoms with van der Waals surface area (Å²) in [7, 11) is 4.04. The number of rotatable bonds is 1. The van der Waals surface area contributed by atoms with E-state index in [2.05, 4.69) is 40.0 Å². The molecule has 0 N–H and O–H groups in total. The molecule has 3 heteroatoms. The van der Waals surface area contributed by atoms with Gasteiger partial charge in [-0.1, -0.05) is 33.7 Å². The smallest absolute Gasteiger partial charge is 0.0917 e. The highest BCUT2D eigenvalue weighted by molar-refractivity contribution is 9.09. The Morgan fingerprint density at radius 3 is 3.00 bits per heavy atom. The van der Waals surface area contributed by atoms with Gasteiger partial charge in [-0.2, -0.15) is 0 Å². The number of alkyl halides is 1. The molecule has 1 saturated heterocycles. The van der Waals surface area contributed by atoms with Crippen LogP contribution < -0.4 is 0 Å². The quantitative estimate of drug-likeness (QED) is 0.690. The van der Waals surface area contributed by atoms with E-state index in [4.69, 9.17) is 4.74 Å². The number of nitrogens with zero attached hydrogens (tertiary/aromatic N) is 1. The van der Waals surface area contributed by atoms with Crippen LogP contribution in [0.3, 0.4) is 0 Å². The Balaban J connectivity index is 1.91. The average molecular weight is 298 g/mol. The van der Waals surface area contributed by atoms with Crippen molar-refractivity contribution in [2.75, 3.05) is 27.2 Å². The van der Waals surface area contributed by atoms with Crippen molar-refractivity contribution in [3.8, 4) is 0 Å². The monoisotopic (exact) mass is 297 g/mol. The molecule has 0 spiro atoms. The lowest BCUT2D eigenvalue weighted by Crippen LogP contribution is -2.32. The van der Waals surface area contributed by atoms with Crippen LogP contribution in [0.2, 0.25) is 0 Å². The highest BCUT2D eigenvalue weighted by Crippen LogP contribution is 2.44. The Hall–Kier alpha value is -0.120. The predicted octanol–water partition coefficient (Wildman–Crippen LogP) is 2.60. The molecule has 0 aromatic carbocycles. The fourth-order valence-corrected chi connectivity index (χ4v) is 4.56. The van der Waals surface area contributed by atoms with Gasteiger partial charge in [0.15, 0.2) is 0 Å². The minimum absolute atomic E-state index is 0.212. The van der Waals surface area contributed by atoms with E-state index in [1.54, 1.807) is 18.3 Å². The van der Waals surface area contributed by atoms with Gasteiger partial charge in [0.2, 0.25) is 0 Å². The maximum atomic E-state index is 5.51. The number of methoxy groups -OCH3 is 1. The number of likely N-dealkylation sites (tertiary alicyclic amines) is 1. The molecule has 0 saturated carbocycles. The molecule has 0 aromatic heterocycles. The second-order valence-electron chi connectivity index (χ2n) is 5.57. The zero-order chi connectivity index (χ0) is 12.0. The summed E-state index contributed by atoms with van der Waals surface area (Å²) in [6.45, 7) is 2.50. The molecule has 3 aliphatic rings. The summed E-state index contributed by atoms with van der Waals surface area (Å²) in [5.41, 5.74) is 3.19. The van der Waals surface area contributed by atoms with Crippen molar-refractivity contribution in [2.24, 2.45) is 11.8 Å². The molecule has 0 radical (unpaired) electrons.